The molecule has 6 nitrogen and oxygen atoms in total. The Morgan fingerprint density at radius 2 is 1.71 bits per heavy atom. The second kappa shape index (κ2) is 8.83. The zero-order valence-electron chi connectivity index (χ0n) is 14.6. The molecule has 0 radical (unpaired) electrons. The Bertz CT molecular complexity index is 521. The zero-order chi connectivity index (χ0) is 16.8. The Labute approximate surface area is 148 Å². The van der Waals surface area contributed by atoms with Crippen LogP contribution in [0.25, 0.3) is 0 Å². The van der Waals surface area contributed by atoms with Gasteiger partial charge in [0, 0.05) is 6.04 Å². The van der Waals surface area contributed by atoms with Crippen molar-refractivity contribution in [2.75, 3.05) is 0 Å². The molecular formula is C17H29N5OS. The van der Waals surface area contributed by atoms with E-state index in [1.54, 1.807) is 0 Å². The molecule has 1 atom stereocenters. The summed E-state index contributed by atoms with van der Waals surface area (Å²) in [6, 6.07) is 0.741. The van der Waals surface area contributed by atoms with E-state index in [1.165, 1.54) is 56.7 Å². The second-order valence-corrected chi connectivity index (χ2v) is 8.46. The van der Waals surface area contributed by atoms with Gasteiger partial charge in [-0.2, -0.15) is 0 Å². The average Bonchev–Trinajstić information content (AvgIpc) is 2.91. The van der Waals surface area contributed by atoms with Gasteiger partial charge in [0.15, 0.2) is 0 Å². The first-order chi connectivity index (χ1) is 11.7. The Morgan fingerprint density at radius 3 is 2.42 bits per heavy atom. The SMILES string of the molecule is C[C@@H](Sc1nnnn1C1CCCCC1)C(=O)NC1CCCCCC1. The minimum absolute atomic E-state index is 0.116. The van der Waals surface area contributed by atoms with E-state index < -0.39 is 0 Å². The van der Waals surface area contributed by atoms with Crippen LogP contribution in [-0.4, -0.2) is 37.4 Å². The molecule has 134 valence electrons. The number of hydrogen-bond acceptors (Lipinski definition) is 5. The van der Waals surface area contributed by atoms with E-state index >= 15 is 0 Å². The van der Waals surface area contributed by atoms with Crippen LogP contribution in [0, 0.1) is 0 Å². The number of rotatable bonds is 5. The molecule has 0 unspecified atom stereocenters. The molecule has 0 aromatic carbocycles. The minimum Gasteiger partial charge on any atom is -0.352 e. The molecule has 24 heavy (non-hydrogen) atoms. The molecule has 3 rings (SSSR count). The van der Waals surface area contributed by atoms with Gasteiger partial charge in [-0.05, 0) is 43.0 Å². The van der Waals surface area contributed by atoms with E-state index in [9.17, 15) is 4.79 Å². The second-order valence-electron chi connectivity index (χ2n) is 7.16. The standard InChI is InChI=1S/C17H29N5OS/c1-13(16(23)18-14-9-5-2-3-6-10-14)24-17-19-20-21-22(17)15-11-7-4-8-12-15/h13-15H,2-12H2,1H3,(H,18,23)/t13-/m1/s1. The highest BCUT2D eigenvalue weighted by Gasteiger charge is 2.25. The van der Waals surface area contributed by atoms with Gasteiger partial charge in [0.25, 0.3) is 0 Å². The maximum absolute atomic E-state index is 12.5. The van der Waals surface area contributed by atoms with E-state index in [0.29, 0.717) is 12.1 Å². The first kappa shape index (κ1) is 17.7. The summed E-state index contributed by atoms with van der Waals surface area (Å²) >= 11 is 1.49. The molecule has 1 aromatic heterocycles. The van der Waals surface area contributed by atoms with Crippen molar-refractivity contribution in [3.63, 3.8) is 0 Å². The fraction of sp³-hybridized carbons (Fsp3) is 0.882. The van der Waals surface area contributed by atoms with Crippen molar-refractivity contribution in [3.05, 3.63) is 0 Å². The minimum atomic E-state index is -0.165. The molecule has 1 heterocycles. The summed E-state index contributed by atoms with van der Waals surface area (Å²) in [6.07, 6.45) is 13.4. The molecule has 1 amide bonds. The highest BCUT2D eigenvalue weighted by molar-refractivity contribution is 8.00. The van der Waals surface area contributed by atoms with Gasteiger partial charge in [-0.1, -0.05) is 56.7 Å². The van der Waals surface area contributed by atoms with Crippen LogP contribution in [0.5, 0.6) is 0 Å². The smallest absolute Gasteiger partial charge is 0.233 e. The van der Waals surface area contributed by atoms with Crippen LogP contribution >= 0.6 is 11.8 Å². The van der Waals surface area contributed by atoms with Gasteiger partial charge in [-0.3, -0.25) is 4.79 Å². The van der Waals surface area contributed by atoms with Crippen molar-refractivity contribution >= 4 is 17.7 Å². The van der Waals surface area contributed by atoms with Crippen LogP contribution in [-0.2, 0) is 4.79 Å². The Morgan fingerprint density at radius 1 is 1.08 bits per heavy atom. The van der Waals surface area contributed by atoms with Crippen LogP contribution in [0.3, 0.4) is 0 Å². The molecule has 1 N–H and O–H groups in total. The van der Waals surface area contributed by atoms with Crippen LogP contribution in [0.2, 0.25) is 0 Å². The molecule has 2 fully saturated rings. The summed E-state index contributed by atoms with van der Waals surface area (Å²) in [6.45, 7) is 1.95. The number of aromatic nitrogens is 4. The monoisotopic (exact) mass is 351 g/mol. The molecule has 0 saturated heterocycles. The van der Waals surface area contributed by atoms with Gasteiger partial charge < -0.3 is 5.32 Å². The summed E-state index contributed by atoms with van der Waals surface area (Å²) in [5.41, 5.74) is 0. The van der Waals surface area contributed by atoms with Gasteiger partial charge in [0.2, 0.25) is 11.1 Å². The molecule has 0 aliphatic heterocycles. The van der Waals surface area contributed by atoms with Crippen molar-refractivity contribution in [2.24, 2.45) is 0 Å². The van der Waals surface area contributed by atoms with E-state index in [1.807, 2.05) is 11.6 Å². The summed E-state index contributed by atoms with van der Waals surface area (Å²) in [5.74, 6) is 0.116. The largest absolute Gasteiger partial charge is 0.352 e. The predicted molar refractivity (Wildman–Crippen MR) is 94.9 cm³/mol. The average molecular weight is 352 g/mol. The third-order valence-electron chi connectivity index (χ3n) is 5.24. The highest BCUT2D eigenvalue weighted by Crippen LogP contribution is 2.31. The molecule has 2 aliphatic carbocycles. The fourth-order valence-electron chi connectivity index (χ4n) is 3.77. The first-order valence-electron chi connectivity index (χ1n) is 9.49. The lowest BCUT2D eigenvalue weighted by molar-refractivity contribution is -0.121. The van der Waals surface area contributed by atoms with Crippen LogP contribution in [0.15, 0.2) is 5.16 Å². The van der Waals surface area contributed by atoms with Gasteiger partial charge >= 0.3 is 0 Å². The molecular weight excluding hydrogens is 322 g/mol. The Kier molecular flexibility index (Phi) is 6.51. The molecule has 7 heteroatoms. The third kappa shape index (κ3) is 4.71. The van der Waals surface area contributed by atoms with Gasteiger partial charge in [0.05, 0.1) is 11.3 Å². The van der Waals surface area contributed by atoms with E-state index in [2.05, 4.69) is 20.8 Å². The summed E-state index contributed by atoms with van der Waals surface area (Å²) in [7, 11) is 0. The number of nitrogens with zero attached hydrogens (tertiary/aromatic N) is 4. The van der Waals surface area contributed by atoms with Gasteiger partial charge in [0.1, 0.15) is 0 Å². The van der Waals surface area contributed by atoms with E-state index in [4.69, 9.17) is 0 Å². The summed E-state index contributed by atoms with van der Waals surface area (Å²) in [4.78, 5) is 12.5. The Balaban J connectivity index is 1.55. The third-order valence-corrected chi connectivity index (χ3v) is 6.28. The lowest BCUT2D eigenvalue weighted by Gasteiger charge is -2.23. The number of tetrazole rings is 1. The fourth-order valence-corrected chi connectivity index (χ4v) is 4.64. The molecule has 2 saturated carbocycles. The Hall–Kier alpha value is -1.11. The number of amides is 1. The molecule has 0 bridgehead atoms. The van der Waals surface area contributed by atoms with Crippen molar-refractivity contribution in [3.8, 4) is 0 Å². The predicted octanol–water partition coefficient (Wildman–Crippen LogP) is 3.50. The van der Waals surface area contributed by atoms with Crippen molar-refractivity contribution in [1.29, 1.82) is 0 Å². The number of carbonyl (C=O) groups is 1. The quantitative estimate of drug-likeness (QED) is 0.649. The number of nitrogens with one attached hydrogen (secondary N) is 1. The number of hydrogen-bond donors (Lipinski definition) is 1. The normalized spacial score (nSPS) is 22.0. The molecule has 0 spiro atoms. The van der Waals surface area contributed by atoms with Crippen LogP contribution < -0.4 is 5.32 Å². The summed E-state index contributed by atoms with van der Waals surface area (Å²) in [5, 5.41) is 16.0. The molecule has 2 aliphatic rings. The number of thioether (sulfide) groups is 1. The van der Waals surface area contributed by atoms with Crippen molar-refractivity contribution in [2.45, 2.75) is 100 Å². The molecule has 1 aromatic rings. The topological polar surface area (TPSA) is 72.7 Å². The van der Waals surface area contributed by atoms with Gasteiger partial charge in [-0.25, -0.2) is 4.68 Å². The van der Waals surface area contributed by atoms with Crippen LogP contribution in [0.4, 0.5) is 0 Å². The van der Waals surface area contributed by atoms with Crippen molar-refractivity contribution < 1.29 is 4.79 Å². The van der Waals surface area contributed by atoms with Crippen molar-refractivity contribution in [1.82, 2.24) is 25.5 Å². The first-order valence-corrected chi connectivity index (χ1v) is 10.4. The lowest BCUT2D eigenvalue weighted by atomic mass is 9.96. The maximum Gasteiger partial charge on any atom is 0.233 e. The zero-order valence-corrected chi connectivity index (χ0v) is 15.4. The van der Waals surface area contributed by atoms with Gasteiger partial charge in [-0.15, -0.1) is 5.10 Å². The van der Waals surface area contributed by atoms with Crippen LogP contribution in [0.1, 0.15) is 83.6 Å². The highest BCUT2D eigenvalue weighted by atomic mass is 32.2. The maximum atomic E-state index is 12.5. The lowest BCUT2D eigenvalue weighted by Crippen LogP contribution is -2.39. The van der Waals surface area contributed by atoms with E-state index in [0.717, 1.165) is 30.8 Å². The summed E-state index contributed by atoms with van der Waals surface area (Å²) < 4.78 is 1.94. The number of carbonyl (C=O) groups excluding carboxylic acids is 1. The van der Waals surface area contributed by atoms with E-state index in [-0.39, 0.29) is 11.2 Å².